The zero-order valence-corrected chi connectivity index (χ0v) is 15.6. The number of hydrogen-bond donors (Lipinski definition) is 0. The average Bonchev–Trinajstić information content (AvgIpc) is 3.25. The van der Waals surface area contributed by atoms with E-state index in [1.807, 2.05) is 12.3 Å². The van der Waals surface area contributed by atoms with E-state index < -0.39 is 0 Å². The second-order valence-electron chi connectivity index (χ2n) is 7.04. The van der Waals surface area contributed by atoms with E-state index in [0.717, 1.165) is 32.5 Å². The van der Waals surface area contributed by atoms with Gasteiger partial charge in [0.1, 0.15) is 0 Å². The Kier molecular flexibility index (Phi) is 5.43. The third kappa shape index (κ3) is 4.25. The summed E-state index contributed by atoms with van der Waals surface area (Å²) in [4.78, 5) is 30.0. The predicted octanol–water partition coefficient (Wildman–Crippen LogP) is 0.398. The van der Waals surface area contributed by atoms with E-state index in [1.165, 1.54) is 6.20 Å². The molecule has 0 amide bonds. The Hall–Kier alpha value is -3.07. The van der Waals surface area contributed by atoms with Crippen LogP contribution in [0.25, 0.3) is 5.82 Å². The van der Waals surface area contributed by atoms with Gasteiger partial charge in [0.2, 0.25) is 0 Å². The van der Waals surface area contributed by atoms with Crippen molar-refractivity contribution in [2.45, 2.75) is 25.9 Å². The van der Waals surface area contributed by atoms with Crippen LogP contribution in [-0.4, -0.2) is 53.6 Å². The van der Waals surface area contributed by atoms with Crippen molar-refractivity contribution < 1.29 is 0 Å². The van der Waals surface area contributed by atoms with Gasteiger partial charge in [-0.2, -0.15) is 5.10 Å². The van der Waals surface area contributed by atoms with E-state index in [1.54, 1.807) is 44.5 Å². The first-order valence-electron chi connectivity index (χ1n) is 9.51. The lowest BCUT2D eigenvalue weighted by molar-refractivity contribution is 0.164. The topological polar surface area (TPSA) is 90.8 Å². The molecule has 146 valence electrons. The number of piperidine rings is 1. The predicted molar refractivity (Wildman–Crippen MR) is 103 cm³/mol. The fourth-order valence-electron chi connectivity index (χ4n) is 3.54. The van der Waals surface area contributed by atoms with Crippen molar-refractivity contribution >= 4 is 0 Å². The summed E-state index contributed by atoms with van der Waals surface area (Å²) in [7, 11) is 0. The molecule has 0 spiro atoms. The van der Waals surface area contributed by atoms with E-state index in [0.29, 0.717) is 24.8 Å². The molecule has 0 atom stereocenters. The summed E-state index contributed by atoms with van der Waals surface area (Å²) in [6.45, 7) is 3.99. The van der Waals surface area contributed by atoms with Gasteiger partial charge in [-0.05, 0) is 50.0 Å². The molecule has 0 aliphatic carbocycles. The van der Waals surface area contributed by atoms with Crippen molar-refractivity contribution in [2.24, 2.45) is 5.92 Å². The monoisotopic (exact) mass is 381 g/mol. The first-order valence-corrected chi connectivity index (χ1v) is 9.51. The summed E-state index contributed by atoms with van der Waals surface area (Å²) < 4.78 is 4.84. The summed E-state index contributed by atoms with van der Waals surface area (Å²) in [5.41, 5.74) is -0.297. The van der Waals surface area contributed by atoms with Crippen molar-refractivity contribution in [1.29, 1.82) is 0 Å². The number of nitrogens with zero attached hydrogens (tertiary/aromatic N) is 7. The van der Waals surface area contributed by atoms with Gasteiger partial charge in [0.25, 0.3) is 5.56 Å². The lowest BCUT2D eigenvalue weighted by atomic mass is 9.97. The van der Waals surface area contributed by atoms with Gasteiger partial charge < -0.3 is 4.90 Å². The van der Waals surface area contributed by atoms with Crippen LogP contribution in [0.4, 0.5) is 0 Å². The van der Waals surface area contributed by atoms with E-state index >= 15 is 0 Å². The van der Waals surface area contributed by atoms with E-state index in [4.69, 9.17) is 0 Å². The van der Waals surface area contributed by atoms with Crippen LogP contribution in [0, 0.1) is 5.92 Å². The third-order valence-electron chi connectivity index (χ3n) is 5.17. The normalized spacial score (nSPS) is 15.7. The second-order valence-corrected chi connectivity index (χ2v) is 7.04. The smallest absolute Gasteiger partial charge is 0.302 e. The van der Waals surface area contributed by atoms with Crippen molar-refractivity contribution in [3.8, 4) is 5.82 Å². The second kappa shape index (κ2) is 8.30. The molecule has 9 heteroatoms. The molecule has 0 radical (unpaired) electrons. The number of rotatable bonds is 6. The minimum Gasteiger partial charge on any atom is -0.302 e. The number of hydrogen-bond acceptors (Lipinski definition) is 6. The van der Waals surface area contributed by atoms with Gasteiger partial charge in [-0.3, -0.25) is 9.36 Å². The number of likely N-dealkylation sites (tertiary alicyclic amines) is 1. The van der Waals surface area contributed by atoms with Crippen molar-refractivity contribution in [3.63, 3.8) is 0 Å². The van der Waals surface area contributed by atoms with Crippen LogP contribution in [0.15, 0.2) is 58.6 Å². The maximum atomic E-state index is 12.2. The van der Waals surface area contributed by atoms with Crippen molar-refractivity contribution in [1.82, 2.24) is 34.0 Å². The van der Waals surface area contributed by atoms with Gasteiger partial charge in [-0.15, -0.1) is 5.10 Å². The molecule has 0 bridgehead atoms. The minimum absolute atomic E-state index is 0.0886. The molecule has 28 heavy (non-hydrogen) atoms. The molecule has 0 N–H and O–H groups in total. The molecule has 0 unspecified atom stereocenters. The summed E-state index contributed by atoms with van der Waals surface area (Å²) in [6.07, 6.45) is 8.79. The Labute approximate surface area is 161 Å². The molecule has 4 rings (SSSR count). The molecule has 4 heterocycles. The standard InChI is InChI=1S/C19H23N7O2/c27-18-4-3-17(25-10-2-8-21-25)22-26(18)15-16-5-11-23(12-6-16)13-14-24-9-1-7-20-19(24)28/h1-4,7-10,16H,5-6,11-15H2. The van der Waals surface area contributed by atoms with Gasteiger partial charge in [0, 0.05) is 50.5 Å². The van der Waals surface area contributed by atoms with Gasteiger partial charge in [-0.1, -0.05) is 0 Å². The molecular formula is C19H23N7O2. The van der Waals surface area contributed by atoms with E-state index in [9.17, 15) is 9.59 Å². The fraction of sp³-hybridized carbons (Fsp3) is 0.421. The molecule has 1 aliphatic heterocycles. The van der Waals surface area contributed by atoms with E-state index in [2.05, 4.69) is 20.1 Å². The summed E-state index contributed by atoms with van der Waals surface area (Å²) in [6, 6.07) is 6.84. The van der Waals surface area contributed by atoms with E-state index in [-0.39, 0.29) is 11.2 Å². The highest BCUT2D eigenvalue weighted by atomic mass is 16.1. The minimum atomic E-state index is -0.208. The molecule has 1 aliphatic rings. The maximum absolute atomic E-state index is 12.2. The van der Waals surface area contributed by atoms with Crippen LogP contribution in [0.2, 0.25) is 0 Å². The van der Waals surface area contributed by atoms with Crippen LogP contribution in [0.3, 0.4) is 0 Å². The average molecular weight is 381 g/mol. The first-order chi connectivity index (χ1) is 13.7. The molecule has 0 aromatic carbocycles. The molecule has 1 saturated heterocycles. The number of aromatic nitrogens is 6. The molecule has 3 aromatic rings. The SMILES string of the molecule is O=c1ncccn1CCN1CCC(Cn2nc(-n3cccn3)ccc2=O)CC1. The van der Waals surface area contributed by atoms with Crippen molar-refractivity contribution in [3.05, 3.63) is 69.9 Å². The quantitative estimate of drug-likeness (QED) is 0.614. The Bertz CT molecular complexity index is 1020. The van der Waals surface area contributed by atoms with Crippen LogP contribution >= 0.6 is 0 Å². The zero-order chi connectivity index (χ0) is 19.3. The molecule has 0 saturated carbocycles. The third-order valence-corrected chi connectivity index (χ3v) is 5.17. The molecule has 9 nitrogen and oxygen atoms in total. The first kappa shape index (κ1) is 18.3. The molecule has 1 fully saturated rings. The lowest BCUT2D eigenvalue weighted by Gasteiger charge is -2.32. The highest BCUT2D eigenvalue weighted by Crippen LogP contribution is 2.18. The highest BCUT2D eigenvalue weighted by Gasteiger charge is 2.20. The largest absolute Gasteiger partial charge is 0.347 e. The summed E-state index contributed by atoms with van der Waals surface area (Å²) in [5.74, 6) is 1.05. The fourth-order valence-corrected chi connectivity index (χ4v) is 3.54. The van der Waals surface area contributed by atoms with Gasteiger partial charge >= 0.3 is 5.69 Å². The van der Waals surface area contributed by atoms with Gasteiger partial charge in [0.05, 0.1) is 0 Å². The van der Waals surface area contributed by atoms with Crippen LogP contribution < -0.4 is 11.2 Å². The zero-order valence-electron chi connectivity index (χ0n) is 15.6. The van der Waals surface area contributed by atoms with Gasteiger partial charge in [-0.25, -0.2) is 19.1 Å². The van der Waals surface area contributed by atoms with Crippen LogP contribution in [-0.2, 0) is 13.1 Å². The summed E-state index contributed by atoms with van der Waals surface area (Å²) in [5, 5.41) is 8.63. The Morgan fingerprint density at radius 2 is 1.82 bits per heavy atom. The van der Waals surface area contributed by atoms with Crippen LogP contribution in [0.1, 0.15) is 12.8 Å². The Morgan fingerprint density at radius 1 is 1.00 bits per heavy atom. The molecular weight excluding hydrogens is 358 g/mol. The lowest BCUT2D eigenvalue weighted by Crippen LogP contribution is -2.39. The van der Waals surface area contributed by atoms with Gasteiger partial charge in [0.15, 0.2) is 5.82 Å². The Morgan fingerprint density at radius 3 is 2.57 bits per heavy atom. The van der Waals surface area contributed by atoms with Crippen LogP contribution in [0.5, 0.6) is 0 Å². The highest BCUT2D eigenvalue weighted by molar-refractivity contribution is 5.17. The molecule has 3 aromatic heterocycles. The van der Waals surface area contributed by atoms with Crippen molar-refractivity contribution in [2.75, 3.05) is 19.6 Å². The maximum Gasteiger partial charge on any atom is 0.347 e. The summed E-state index contributed by atoms with van der Waals surface area (Å²) >= 11 is 0. The Balaban J connectivity index is 1.32.